The SMILES string of the molecule is O=C1C=C2CCc3cc(Oc4ccc([N+](=O)[O-])cc4)ccc3C2(Cc2ccccc2)CC1. The third kappa shape index (κ3) is 3.71. The quantitative estimate of drug-likeness (QED) is 0.366. The van der Waals surface area contributed by atoms with Crippen molar-refractivity contribution in [2.75, 3.05) is 0 Å². The largest absolute Gasteiger partial charge is 0.457 e. The lowest BCUT2D eigenvalue weighted by Gasteiger charge is -2.44. The molecule has 0 spiro atoms. The van der Waals surface area contributed by atoms with E-state index in [9.17, 15) is 14.9 Å². The molecule has 0 amide bonds. The van der Waals surface area contributed by atoms with Crippen molar-refractivity contribution in [1.29, 1.82) is 0 Å². The van der Waals surface area contributed by atoms with Crippen LogP contribution in [0.5, 0.6) is 11.5 Å². The van der Waals surface area contributed by atoms with Gasteiger partial charge in [0.1, 0.15) is 11.5 Å². The molecule has 2 aliphatic carbocycles. The molecule has 160 valence electrons. The zero-order chi connectivity index (χ0) is 22.1. The second-order valence-electron chi connectivity index (χ2n) is 8.55. The molecule has 0 fully saturated rings. The van der Waals surface area contributed by atoms with Crippen LogP contribution < -0.4 is 4.74 Å². The summed E-state index contributed by atoms with van der Waals surface area (Å²) in [6.07, 6.45) is 5.88. The van der Waals surface area contributed by atoms with Crippen molar-refractivity contribution in [2.45, 2.75) is 37.5 Å². The highest BCUT2D eigenvalue weighted by Gasteiger charge is 2.42. The monoisotopic (exact) mass is 425 g/mol. The van der Waals surface area contributed by atoms with Gasteiger partial charge in [-0.15, -0.1) is 0 Å². The summed E-state index contributed by atoms with van der Waals surface area (Å²) in [6, 6.07) is 22.8. The highest BCUT2D eigenvalue weighted by Crippen LogP contribution is 2.49. The summed E-state index contributed by atoms with van der Waals surface area (Å²) >= 11 is 0. The molecule has 0 aliphatic heterocycles. The van der Waals surface area contributed by atoms with E-state index in [1.807, 2.05) is 18.2 Å². The first-order valence-electron chi connectivity index (χ1n) is 10.9. The van der Waals surface area contributed by atoms with Gasteiger partial charge >= 0.3 is 0 Å². The van der Waals surface area contributed by atoms with E-state index < -0.39 is 4.92 Å². The number of benzene rings is 3. The fourth-order valence-electron chi connectivity index (χ4n) is 5.11. The Kier molecular flexibility index (Phi) is 5.10. The number of carbonyl (C=O) groups excluding carboxylic acids is 1. The van der Waals surface area contributed by atoms with Gasteiger partial charge in [-0.1, -0.05) is 42.0 Å². The molecule has 0 saturated heterocycles. The number of nitro benzene ring substituents is 1. The maximum Gasteiger partial charge on any atom is 0.269 e. The Labute approximate surface area is 186 Å². The summed E-state index contributed by atoms with van der Waals surface area (Å²) in [7, 11) is 0. The number of aryl methyl sites for hydroxylation is 1. The fraction of sp³-hybridized carbons (Fsp3) is 0.222. The molecule has 5 heteroatoms. The zero-order valence-corrected chi connectivity index (χ0v) is 17.6. The van der Waals surface area contributed by atoms with Gasteiger partial charge in [-0.3, -0.25) is 14.9 Å². The predicted octanol–water partition coefficient (Wildman–Crippen LogP) is 6.10. The number of ketones is 1. The molecule has 0 heterocycles. The Balaban J connectivity index is 1.49. The van der Waals surface area contributed by atoms with Crippen LogP contribution in [0, 0.1) is 10.1 Å². The van der Waals surface area contributed by atoms with E-state index in [4.69, 9.17) is 4.74 Å². The number of rotatable bonds is 5. The Morgan fingerprint density at radius 3 is 2.41 bits per heavy atom. The molecule has 0 bridgehead atoms. The van der Waals surface area contributed by atoms with Crippen LogP contribution >= 0.6 is 0 Å². The molecule has 2 aliphatic rings. The molecule has 3 aromatic carbocycles. The van der Waals surface area contributed by atoms with E-state index in [0.717, 1.165) is 25.7 Å². The van der Waals surface area contributed by atoms with E-state index in [1.54, 1.807) is 12.1 Å². The first kappa shape index (κ1) is 20.2. The van der Waals surface area contributed by atoms with Crippen molar-refractivity contribution in [3.63, 3.8) is 0 Å². The van der Waals surface area contributed by atoms with Gasteiger partial charge in [0, 0.05) is 24.0 Å². The van der Waals surface area contributed by atoms with E-state index in [0.29, 0.717) is 17.9 Å². The topological polar surface area (TPSA) is 69.4 Å². The number of nitro groups is 1. The minimum Gasteiger partial charge on any atom is -0.457 e. The highest BCUT2D eigenvalue weighted by molar-refractivity contribution is 5.92. The number of carbonyl (C=O) groups is 1. The van der Waals surface area contributed by atoms with Gasteiger partial charge in [0.2, 0.25) is 0 Å². The van der Waals surface area contributed by atoms with Gasteiger partial charge in [0.25, 0.3) is 5.69 Å². The molecule has 5 nitrogen and oxygen atoms in total. The second-order valence-corrected chi connectivity index (χ2v) is 8.55. The normalized spacial score (nSPS) is 19.5. The molecular weight excluding hydrogens is 402 g/mol. The highest BCUT2D eigenvalue weighted by atomic mass is 16.6. The maximum atomic E-state index is 12.2. The number of allylic oxidation sites excluding steroid dienone is 2. The molecular formula is C27H23NO4. The van der Waals surface area contributed by atoms with E-state index in [1.165, 1.54) is 34.4 Å². The Bertz CT molecular complexity index is 1210. The Morgan fingerprint density at radius 1 is 0.906 bits per heavy atom. The summed E-state index contributed by atoms with van der Waals surface area (Å²) in [6.45, 7) is 0. The van der Waals surface area contributed by atoms with Crippen LogP contribution in [0.1, 0.15) is 36.0 Å². The van der Waals surface area contributed by atoms with Crippen molar-refractivity contribution < 1.29 is 14.5 Å². The number of ether oxygens (including phenoxy) is 1. The minimum absolute atomic E-state index is 0.0387. The lowest BCUT2D eigenvalue weighted by Crippen LogP contribution is -2.39. The molecule has 1 unspecified atom stereocenters. The van der Waals surface area contributed by atoms with Gasteiger partial charge in [-0.25, -0.2) is 0 Å². The van der Waals surface area contributed by atoms with Crippen LogP contribution in [0.15, 0.2) is 84.4 Å². The number of hydrogen-bond acceptors (Lipinski definition) is 4. The minimum atomic E-state index is -0.422. The first-order valence-corrected chi connectivity index (χ1v) is 10.9. The molecule has 32 heavy (non-hydrogen) atoms. The zero-order valence-electron chi connectivity index (χ0n) is 17.6. The number of nitrogens with zero attached hydrogens (tertiary/aromatic N) is 1. The van der Waals surface area contributed by atoms with Crippen molar-refractivity contribution in [3.05, 3.63) is 111 Å². The first-order chi connectivity index (χ1) is 15.5. The average Bonchev–Trinajstić information content (AvgIpc) is 2.80. The van der Waals surface area contributed by atoms with Crippen molar-refractivity contribution >= 4 is 11.5 Å². The number of hydrogen-bond donors (Lipinski definition) is 0. The molecule has 0 radical (unpaired) electrons. The third-order valence-electron chi connectivity index (χ3n) is 6.64. The Morgan fingerprint density at radius 2 is 1.66 bits per heavy atom. The second kappa shape index (κ2) is 8.08. The van der Waals surface area contributed by atoms with Crippen LogP contribution in [0.25, 0.3) is 0 Å². The summed E-state index contributed by atoms with van der Waals surface area (Å²) < 4.78 is 5.99. The van der Waals surface area contributed by atoms with Crippen LogP contribution in [0.2, 0.25) is 0 Å². The van der Waals surface area contributed by atoms with Crippen molar-refractivity contribution in [1.82, 2.24) is 0 Å². The predicted molar refractivity (Wildman–Crippen MR) is 122 cm³/mol. The van der Waals surface area contributed by atoms with Crippen LogP contribution in [0.4, 0.5) is 5.69 Å². The molecule has 0 aromatic heterocycles. The molecule has 5 rings (SSSR count). The Hall–Kier alpha value is -3.73. The van der Waals surface area contributed by atoms with Gasteiger partial charge in [0.05, 0.1) is 4.92 Å². The summed E-state index contributed by atoms with van der Waals surface area (Å²) in [4.78, 5) is 22.7. The van der Waals surface area contributed by atoms with Crippen LogP contribution in [0.3, 0.4) is 0 Å². The molecule has 1 atom stereocenters. The molecule has 0 saturated carbocycles. The van der Waals surface area contributed by atoms with Gasteiger partial charge in [-0.2, -0.15) is 0 Å². The summed E-state index contributed by atoms with van der Waals surface area (Å²) in [5.41, 5.74) is 4.92. The van der Waals surface area contributed by atoms with Crippen molar-refractivity contribution in [3.8, 4) is 11.5 Å². The van der Waals surface area contributed by atoms with Crippen LogP contribution in [-0.4, -0.2) is 10.7 Å². The van der Waals surface area contributed by atoms with Gasteiger partial charge < -0.3 is 4.74 Å². The van der Waals surface area contributed by atoms with Crippen LogP contribution in [-0.2, 0) is 23.1 Å². The average molecular weight is 425 g/mol. The summed E-state index contributed by atoms with van der Waals surface area (Å²) in [5, 5.41) is 10.9. The lowest BCUT2D eigenvalue weighted by atomic mass is 9.59. The van der Waals surface area contributed by atoms with Gasteiger partial charge in [0.15, 0.2) is 5.78 Å². The number of fused-ring (bicyclic) bond motifs is 3. The standard InChI is InChI=1S/C27H23NO4/c29-23-14-15-27(18-19-4-2-1-3-5-19)21(17-23)7-6-20-16-25(12-13-26(20)27)32-24-10-8-22(9-11-24)28(30)31/h1-5,8-13,16-17H,6-7,14-15,18H2. The number of non-ortho nitro benzene ring substituents is 1. The van der Waals surface area contributed by atoms with E-state index in [2.05, 4.69) is 36.4 Å². The van der Waals surface area contributed by atoms with Gasteiger partial charge in [-0.05, 0) is 72.7 Å². The summed E-state index contributed by atoms with van der Waals surface area (Å²) in [5.74, 6) is 1.51. The maximum absolute atomic E-state index is 12.2. The van der Waals surface area contributed by atoms with E-state index >= 15 is 0 Å². The molecule has 0 N–H and O–H groups in total. The smallest absolute Gasteiger partial charge is 0.269 e. The lowest BCUT2D eigenvalue weighted by molar-refractivity contribution is -0.384. The van der Waals surface area contributed by atoms with Crippen molar-refractivity contribution in [2.24, 2.45) is 0 Å². The third-order valence-corrected chi connectivity index (χ3v) is 6.64. The fourth-order valence-corrected chi connectivity index (χ4v) is 5.11. The van der Waals surface area contributed by atoms with E-state index in [-0.39, 0.29) is 16.9 Å². The molecule has 3 aromatic rings.